The molecule has 7 nitrogen and oxygen atoms in total. The Balaban J connectivity index is 2.00. The van der Waals surface area contributed by atoms with Gasteiger partial charge in [0.1, 0.15) is 0 Å². The molecule has 24 heavy (non-hydrogen) atoms. The number of sulfonamides is 1. The lowest BCUT2D eigenvalue weighted by molar-refractivity contribution is -0.130. The van der Waals surface area contributed by atoms with Crippen LogP contribution < -0.4 is 10.0 Å². The van der Waals surface area contributed by atoms with Crippen molar-refractivity contribution in [2.45, 2.75) is 38.0 Å². The highest BCUT2D eigenvalue weighted by molar-refractivity contribution is 7.90. The lowest BCUT2D eigenvalue weighted by Crippen LogP contribution is -2.38. The van der Waals surface area contributed by atoms with E-state index < -0.39 is 15.3 Å². The molecular weight excluding hydrogens is 350 g/mol. The number of hydrogen-bond acceptors (Lipinski definition) is 5. The van der Waals surface area contributed by atoms with Crippen molar-refractivity contribution in [2.24, 2.45) is 0 Å². The summed E-state index contributed by atoms with van der Waals surface area (Å²) in [5, 5.41) is 4.12. The highest BCUT2D eigenvalue weighted by Crippen LogP contribution is 2.25. The molecule has 2 heterocycles. The molecule has 0 aliphatic carbocycles. The van der Waals surface area contributed by atoms with Gasteiger partial charge in [-0.2, -0.15) is 0 Å². The second kappa shape index (κ2) is 8.09. The van der Waals surface area contributed by atoms with Gasteiger partial charge in [-0.05, 0) is 17.9 Å². The van der Waals surface area contributed by atoms with Crippen LogP contribution in [0.15, 0.2) is 17.5 Å². The van der Waals surface area contributed by atoms with E-state index in [-0.39, 0.29) is 30.8 Å². The average molecular weight is 374 g/mol. The third-order valence-electron chi connectivity index (χ3n) is 3.92. The number of carbonyl (C=O) groups is 2. The zero-order valence-corrected chi connectivity index (χ0v) is 15.5. The predicted octanol–water partition coefficient (Wildman–Crippen LogP) is 0.856. The maximum atomic E-state index is 12.5. The summed E-state index contributed by atoms with van der Waals surface area (Å²) in [6.07, 6.45) is 0.568. The van der Waals surface area contributed by atoms with E-state index in [1.165, 1.54) is 18.3 Å². The van der Waals surface area contributed by atoms with E-state index >= 15 is 0 Å². The molecule has 1 aliphatic rings. The number of thiophene rings is 1. The Morgan fingerprint density at radius 2 is 2.21 bits per heavy atom. The number of likely N-dealkylation sites (tertiary alicyclic amines) is 1. The Hall–Kier alpha value is -1.45. The fraction of sp³-hybridized carbons (Fsp3) is 0.600. The van der Waals surface area contributed by atoms with E-state index in [2.05, 4.69) is 10.0 Å². The molecule has 134 valence electrons. The van der Waals surface area contributed by atoms with E-state index in [0.717, 1.165) is 4.88 Å². The number of amides is 2. The fourth-order valence-electron chi connectivity index (χ4n) is 2.79. The van der Waals surface area contributed by atoms with Crippen LogP contribution >= 0.6 is 11.3 Å². The van der Waals surface area contributed by atoms with Crippen LogP contribution in [0.25, 0.3) is 0 Å². The van der Waals surface area contributed by atoms with Gasteiger partial charge in [0.2, 0.25) is 21.8 Å². The van der Waals surface area contributed by atoms with Gasteiger partial charge in [-0.3, -0.25) is 9.59 Å². The molecule has 0 spiro atoms. The summed E-state index contributed by atoms with van der Waals surface area (Å²) in [6, 6.07) is 3.37. The minimum Gasteiger partial charge on any atom is -0.348 e. The third kappa shape index (κ3) is 4.78. The maximum absolute atomic E-state index is 12.5. The second-order valence-corrected chi connectivity index (χ2v) is 8.79. The Labute approximate surface area is 146 Å². The van der Waals surface area contributed by atoms with Crippen molar-refractivity contribution >= 4 is 33.2 Å². The van der Waals surface area contributed by atoms with Gasteiger partial charge in [-0.15, -0.1) is 11.3 Å². The molecule has 0 bridgehead atoms. The standard InChI is InChI=1S/C15H23N3O4S2/c1-3-16-24(21,22)12-6-7-18(10-12)15(20)9-13(17-11(2)19)14-5-4-8-23-14/h4-5,8,12-13,16H,3,6-7,9-10H2,1-2H3,(H,17,19). The number of rotatable bonds is 7. The predicted molar refractivity (Wildman–Crippen MR) is 93.1 cm³/mol. The molecule has 2 N–H and O–H groups in total. The minimum absolute atomic E-state index is 0.133. The van der Waals surface area contributed by atoms with E-state index in [1.807, 2.05) is 17.5 Å². The first-order valence-corrected chi connectivity index (χ1v) is 10.3. The molecule has 2 amide bonds. The van der Waals surface area contributed by atoms with Crippen molar-refractivity contribution in [1.29, 1.82) is 0 Å². The largest absolute Gasteiger partial charge is 0.348 e. The first-order valence-electron chi connectivity index (χ1n) is 7.90. The summed E-state index contributed by atoms with van der Waals surface area (Å²) >= 11 is 1.48. The molecule has 0 radical (unpaired) electrons. The second-order valence-electron chi connectivity index (χ2n) is 5.77. The number of nitrogens with zero attached hydrogens (tertiary/aromatic N) is 1. The number of nitrogens with one attached hydrogen (secondary N) is 2. The van der Waals surface area contributed by atoms with Crippen molar-refractivity contribution in [3.63, 3.8) is 0 Å². The molecule has 0 saturated carbocycles. The highest BCUT2D eigenvalue weighted by Gasteiger charge is 2.35. The Bertz CT molecular complexity index is 673. The van der Waals surface area contributed by atoms with Gasteiger partial charge < -0.3 is 10.2 Å². The molecule has 2 atom stereocenters. The lowest BCUT2D eigenvalue weighted by Gasteiger charge is -2.21. The normalized spacial score (nSPS) is 19.2. The number of hydrogen-bond donors (Lipinski definition) is 2. The molecule has 2 rings (SSSR count). The van der Waals surface area contributed by atoms with Crippen LogP contribution in [0.3, 0.4) is 0 Å². The van der Waals surface area contributed by atoms with E-state index in [1.54, 1.807) is 11.8 Å². The summed E-state index contributed by atoms with van der Waals surface area (Å²) in [4.78, 5) is 26.4. The van der Waals surface area contributed by atoms with E-state index in [0.29, 0.717) is 19.5 Å². The van der Waals surface area contributed by atoms with Crippen molar-refractivity contribution in [1.82, 2.24) is 14.9 Å². The van der Waals surface area contributed by atoms with Crippen molar-refractivity contribution in [3.05, 3.63) is 22.4 Å². The molecule has 1 aliphatic heterocycles. The van der Waals surface area contributed by atoms with Crippen LogP contribution in [-0.2, 0) is 19.6 Å². The highest BCUT2D eigenvalue weighted by atomic mass is 32.2. The monoisotopic (exact) mass is 373 g/mol. The van der Waals surface area contributed by atoms with Crippen molar-refractivity contribution in [2.75, 3.05) is 19.6 Å². The Morgan fingerprint density at radius 3 is 2.79 bits per heavy atom. The zero-order chi connectivity index (χ0) is 17.7. The molecule has 0 aromatic carbocycles. The molecule has 1 aromatic rings. The van der Waals surface area contributed by atoms with Crippen molar-refractivity contribution < 1.29 is 18.0 Å². The number of carbonyl (C=O) groups excluding carboxylic acids is 2. The van der Waals surface area contributed by atoms with Gasteiger partial charge >= 0.3 is 0 Å². The summed E-state index contributed by atoms with van der Waals surface area (Å²) in [7, 11) is -3.38. The smallest absolute Gasteiger partial charge is 0.225 e. The summed E-state index contributed by atoms with van der Waals surface area (Å²) in [5.74, 6) is -0.341. The van der Waals surface area contributed by atoms with Gasteiger partial charge in [0.15, 0.2) is 0 Å². The molecule has 2 unspecified atom stereocenters. The van der Waals surface area contributed by atoms with Crippen LogP contribution in [0.4, 0.5) is 0 Å². The van der Waals surface area contributed by atoms with E-state index in [9.17, 15) is 18.0 Å². The summed E-state index contributed by atoms with van der Waals surface area (Å²) in [5.41, 5.74) is 0. The molecule has 9 heteroatoms. The van der Waals surface area contributed by atoms with Crippen LogP contribution in [-0.4, -0.2) is 50.0 Å². The van der Waals surface area contributed by atoms with Gasteiger partial charge in [-0.1, -0.05) is 13.0 Å². The Morgan fingerprint density at radius 1 is 1.46 bits per heavy atom. The van der Waals surface area contributed by atoms with Crippen LogP contribution in [0.5, 0.6) is 0 Å². The van der Waals surface area contributed by atoms with Crippen LogP contribution in [0.1, 0.15) is 37.6 Å². The van der Waals surface area contributed by atoms with Crippen LogP contribution in [0.2, 0.25) is 0 Å². The molecule has 1 fully saturated rings. The first kappa shape index (κ1) is 18.9. The van der Waals surface area contributed by atoms with E-state index in [4.69, 9.17) is 0 Å². The zero-order valence-electron chi connectivity index (χ0n) is 13.8. The minimum atomic E-state index is -3.38. The van der Waals surface area contributed by atoms with Gasteiger partial charge in [0.05, 0.1) is 17.7 Å². The third-order valence-corrected chi connectivity index (χ3v) is 6.86. The maximum Gasteiger partial charge on any atom is 0.225 e. The van der Waals surface area contributed by atoms with Gasteiger partial charge in [0, 0.05) is 31.4 Å². The first-order chi connectivity index (χ1) is 11.3. The van der Waals surface area contributed by atoms with Crippen LogP contribution in [0, 0.1) is 0 Å². The SMILES string of the molecule is CCNS(=O)(=O)C1CCN(C(=O)CC(NC(C)=O)c2cccs2)C1. The molecule has 1 saturated heterocycles. The lowest BCUT2D eigenvalue weighted by atomic mass is 10.1. The average Bonchev–Trinajstić information content (AvgIpc) is 3.18. The summed E-state index contributed by atoms with van der Waals surface area (Å²) in [6.45, 7) is 4.11. The van der Waals surface area contributed by atoms with Gasteiger partial charge in [0.25, 0.3) is 0 Å². The molecular formula is C15H23N3O4S2. The quantitative estimate of drug-likeness (QED) is 0.741. The summed E-state index contributed by atoms with van der Waals surface area (Å²) < 4.78 is 26.6. The Kier molecular flexibility index (Phi) is 6.36. The topological polar surface area (TPSA) is 95.6 Å². The van der Waals surface area contributed by atoms with Crippen molar-refractivity contribution in [3.8, 4) is 0 Å². The fourth-order valence-corrected chi connectivity index (χ4v) is 5.00. The molecule has 1 aromatic heterocycles. The van der Waals surface area contributed by atoms with Gasteiger partial charge in [-0.25, -0.2) is 13.1 Å².